The summed E-state index contributed by atoms with van der Waals surface area (Å²) < 4.78 is 5.08. The van der Waals surface area contributed by atoms with E-state index in [9.17, 15) is 14.9 Å². The van der Waals surface area contributed by atoms with Gasteiger partial charge < -0.3 is 15.0 Å². The lowest BCUT2D eigenvalue weighted by molar-refractivity contribution is -0.384. The number of nitrogens with zero attached hydrogens (tertiary/aromatic N) is 2. The van der Waals surface area contributed by atoms with Crippen LogP contribution in [0.25, 0.3) is 11.0 Å². The van der Waals surface area contributed by atoms with Gasteiger partial charge in [0.05, 0.1) is 34.7 Å². The Balaban J connectivity index is 1.65. The van der Waals surface area contributed by atoms with Crippen LogP contribution in [0.3, 0.4) is 0 Å². The number of nitrogens with one attached hydrogen (secondary N) is 2. The molecule has 3 aromatic rings. The van der Waals surface area contributed by atoms with Crippen molar-refractivity contribution in [3.63, 3.8) is 0 Å². The molecule has 0 radical (unpaired) electrons. The number of amides is 1. The molecule has 1 aromatic heterocycles. The Bertz CT molecular complexity index is 902. The number of benzene rings is 2. The number of fused-ring (bicyclic) bond motifs is 1. The van der Waals surface area contributed by atoms with E-state index in [0.717, 1.165) is 16.9 Å². The number of H-pyrrole nitrogens is 1. The fourth-order valence-corrected chi connectivity index (χ4v) is 2.49. The Kier molecular flexibility index (Phi) is 4.60. The third-order valence-electron chi connectivity index (χ3n) is 3.73. The maximum atomic E-state index is 12.3. The predicted octanol–water partition coefficient (Wildman–Crippen LogP) is 2.45. The number of nitro groups is 1. The normalized spacial score (nSPS) is 10.6. The number of rotatable bonds is 6. The Morgan fingerprint density at radius 3 is 2.84 bits per heavy atom. The maximum absolute atomic E-state index is 12.3. The SMILES string of the molecule is COc1cc([N+](=O)[O-])ccc1C(=O)NCCc1nc2ccccc2[nH]1. The van der Waals surface area contributed by atoms with Crippen LogP contribution in [-0.2, 0) is 6.42 Å². The summed E-state index contributed by atoms with van der Waals surface area (Å²) in [5.41, 5.74) is 1.94. The van der Waals surface area contributed by atoms with Crippen molar-refractivity contribution in [3.05, 3.63) is 64.0 Å². The van der Waals surface area contributed by atoms with E-state index in [2.05, 4.69) is 15.3 Å². The van der Waals surface area contributed by atoms with E-state index in [1.807, 2.05) is 24.3 Å². The fourth-order valence-electron chi connectivity index (χ4n) is 2.49. The van der Waals surface area contributed by atoms with Crippen molar-refractivity contribution in [3.8, 4) is 5.75 Å². The minimum Gasteiger partial charge on any atom is -0.496 e. The van der Waals surface area contributed by atoms with Gasteiger partial charge in [0.15, 0.2) is 0 Å². The summed E-state index contributed by atoms with van der Waals surface area (Å²) in [5.74, 6) is 0.579. The first-order chi connectivity index (χ1) is 12.1. The maximum Gasteiger partial charge on any atom is 0.273 e. The van der Waals surface area contributed by atoms with Crippen LogP contribution in [0.1, 0.15) is 16.2 Å². The van der Waals surface area contributed by atoms with Gasteiger partial charge in [-0.15, -0.1) is 0 Å². The number of para-hydroxylation sites is 2. The first kappa shape index (κ1) is 16.4. The average Bonchev–Trinajstić information content (AvgIpc) is 3.03. The van der Waals surface area contributed by atoms with Crippen LogP contribution in [0.5, 0.6) is 5.75 Å². The molecule has 8 heteroatoms. The molecule has 0 saturated carbocycles. The molecule has 0 spiro atoms. The van der Waals surface area contributed by atoms with Gasteiger partial charge in [0, 0.05) is 19.0 Å². The van der Waals surface area contributed by atoms with Gasteiger partial charge in [-0.25, -0.2) is 4.98 Å². The lowest BCUT2D eigenvalue weighted by atomic mass is 10.1. The highest BCUT2D eigenvalue weighted by Crippen LogP contribution is 2.24. The van der Waals surface area contributed by atoms with Crippen LogP contribution in [0, 0.1) is 10.1 Å². The molecule has 0 aliphatic carbocycles. The first-order valence-electron chi connectivity index (χ1n) is 7.62. The molecule has 0 aliphatic rings. The van der Waals surface area contributed by atoms with E-state index in [-0.39, 0.29) is 22.9 Å². The molecule has 0 saturated heterocycles. The number of non-ortho nitro benzene ring substituents is 1. The van der Waals surface area contributed by atoms with Crippen molar-refractivity contribution in [1.82, 2.24) is 15.3 Å². The Morgan fingerprint density at radius 1 is 1.32 bits per heavy atom. The van der Waals surface area contributed by atoms with Gasteiger partial charge in [-0.3, -0.25) is 14.9 Å². The van der Waals surface area contributed by atoms with Gasteiger partial charge in [0.1, 0.15) is 11.6 Å². The van der Waals surface area contributed by atoms with Crippen molar-refractivity contribution in [2.45, 2.75) is 6.42 Å². The third kappa shape index (κ3) is 3.57. The number of hydrogen-bond donors (Lipinski definition) is 2. The summed E-state index contributed by atoms with van der Waals surface area (Å²) in [7, 11) is 1.37. The van der Waals surface area contributed by atoms with E-state index in [0.29, 0.717) is 13.0 Å². The average molecular weight is 340 g/mol. The Hall–Kier alpha value is -3.42. The standard InChI is InChI=1S/C17H16N4O4/c1-25-15-10-11(21(23)24)6-7-12(15)17(22)18-9-8-16-19-13-4-2-3-5-14(13)20-16/h2-7,10H,8-9H2,1H3,(H,18,22)(H,19,20). The predicted molar refractivity (Wildman–Crippen MR) is 91.8 cm³/mol. The summed E-state index contributed by atoms with van der Waals surface area (Å²) in [6.45, 7) is 0.374. The summed E-state index contributed by atoms with van der Waals surface area (Å²) in [4.78, 5) is 30.2. The minimum atomic E-state index is -0.536. The van der Waals surface area contributed by atoms with Crippen molar-refractivity contribution in [2.24, 2.45) is 0 Å². The highest BCUT2D eigenvalue weighted by atomic mass is 16.6. The molecule has 1 amide bonds. The number of ether oxygens (including phenoxy) is 1. The molecule has 0 aliphatic heterocycles. The van der Waals surface area contributed by atoms with Crippen molar-refractivity contribution < 1.29 is 14.5 Å². The van der Waals surface area contributed by atoms with Crippen LogP contribution in [-0.4, -0.2) is 34.5 Å². The van der Waals surface area contributed by atoms with Crippen molar-refractivity contribution in [1.29, 1.82) is 0 Å². The van der Waals surface area contributed by atoms with Crippen LogP contribution in [0.2, 0.25) is 0 Å². The molecule has 0 bridgehead atoms. The second kappa shape index (κ2) is 7.00. The number of aromatic nitrogens is 2. The smallest absolute Gasteiger partial charge is 0.273 e. The summed E-state index contributed by atoms with van der Waals surface area (Å²) in [5, 5.41) is 13.6. The second-order valence-corrected chi connectivity index (χ2v) is 5.35. The molecule has 2 aromatic carbocycles. The van der Waals surface area contributed by atoms with Gasteiger partial charge in [0.25, 0.3) is 11.6 Å². The third-order valence-corrected chi connectivity index (χ3v) is 3.73. The van der Waals surface area contributed by atoms with Crippen LogP contribution >= 0.6 is 0 Å². The largest absolute Gasteiger partial charge is 0.496 e. The Morgan fingerprint density at radius 2 is 2.12 bits per heavy atom. The van der Waals surface area contributed by atoms with Crippen LogP contribution in [0.15, 0.2) is 42.5 Å². The molecule has 1 heterocycles. The number of nitro benzene ring substituents is 1. The van der Waals surface area contributed by atoms with E-state index in [1.54, 1.807) is 0 Å². The monoisotopic (exact) mass is 340 g/mol. The number of methoxy groups -OCH3 is 1. The van der Waals surface area contributed by atoms with E-state index >= 15 is 0 Å². The zero-order valence-corrected chi connectivity index (χ0v) is 13.5. The van der Waals surface area contributed by atoms with Gasteiger partial charge in [-0.1, -0.05) is 12.1 Å². The molecule has 0 fully saturated rings. The van der Waals surface area contributed by atoms with Gasteiger partial charge >= 0.3 is 0 Å². The zero-order valence-electron chi connectivity index (χ0n) is 13.5. The van der Waals surface area contributed by atoms with Gasteiger partial charge in [-0.2, -0.15) is 0 Å². The van der Waals surface area contributed by atoms with Crippen LogP contribution < -0.4 is 10.1 Å². The van der Waals surface area contributed by atoms with Gasteiger partial charge in [0.2, 0.25) is 0 Å². The Labute approximate surface area is 143 Å². The first-order valence-corrected chi connectivity index (χ1v) is 7.62. The quantitative estimate of drug-likeness (QED) is 0.529. The van der Waals surface area contributed by atoms with E-state index in [4.69, 9.17) is 4.74 Å². The number of carbonyl (C=O) groups excluding carboxylic acids is 1. The van der Waals surface area contributed by atoms with Crippen LogP contribution in [0.4, 0.5) is 5.69 Å². The number of aromatic amines is 1. The lowest BCUT2D eigenvalue weighted by Crippen LogP contribution is -2.26. The molecule has 128 valence electrons. The minimum absolute atomic E-state index is 0.129. The van der Waals surface area contributed by atoms with Crippen molar-refractivity contribution in [2.75, 3.05) is 13.7 Å². The molecule has 25 heavy (non-hydrogen) atoms. The fraction of sp³-hybridized carbons (Fsp3) is 0.176. The number of imidazole rings is 1. The molecule has 8 nitrogen and oxygen atoms in total. The highest BCUT2D eigenvalue weighted by molar-refractivity contribution is 5.97. The zero-order chi connectivity index (χ0) is 17.8. The number of hydrogen-bond acceptors (Lipinski definition) is 5. The molecule has 3 rings (SSSR count). The lowest BCUT2D eigenvalue weighted by Gasteiger charge is -2.08. The summed E-state index contributed by atoms with van der Waals surface area (Å²) >= 11 is 0. The molecule has 0 atom stereocenters. The number of carbonyl (C=O) groups is 1. The second-order valence-electron chi connectivity index (χ2n) is 5.35. The van der Waals surface area contributed by atoms with E-state index in [1.165, 1.54) is 25.3 Å². The molecular weight excluding hydrogens is 324 g/mol. The van der Waals surface area contributed by atoms with Crippen molar-refractivity contribution >= 4 is 22.6 Å². The summed E-state index contributed by atoms with van der Waals surface area (Å²) in [6, 6.07) is 11.6. The van der Waals surface area contributed by atoms with E-state index < -0.39 is 4.92 Å². The molecular formula is C17H16N4O4. The van der Waals surface area contributed by atoms with Gasteiger partial charge in [-0.05, 0) is 18.2 Å². The summed E-state index contributed by atoms with van der Waals surface area (Å²) in [6.07, 6.45) is 0.537. The molecule has 0 unspecified atom stereocenters. The molecule has 2 N–H and O–H groups in total. The topological polar surface area (TPSA) is 110 Å². The highest BCUT2D eigenvalue weighted by Gasteiger charge is 2.16.